The number of aromatic hydroxyl groups is 1. The van der Waals surface area contributed by atoms with Crippen molar-refractivity contribution in [1.29, 1.82) is 0 Å². The number of ether oxygens (including phenoxy) is 1. The number of methoxy groups -OCH3 is 1. The van der Waals surface area contributed by atoms with Crippen LogP contribution in [-0.4, -0.2) is 35.7 Å². The summed E-state index contributed by atoms with van der Waals surface area (Å²) in [5.41, 5.74) is 0.516. The Labute approximate surface area is 132 Å². The number of nitrogens with one attached hydrogen (secondary N) is 1. The molecule has 0 radical (unpaired) electrons. The number of carbonyl (C=O) groups is 2. The van der Waals surface area contributed by atoms with Crippen LogP contribution in [0.3, 0.4) is 0 Å². The van der Waals surface area contributed by atoms with E-state index in [1.54, 1.807) is 6.92 Å². The number of amides is 1. The van der Waals surface area contributed by atoms with Crippen molar-refractivity contribution in [3.8, 4) is 11.4 Å². The zero-order valence-electron chi connectivity index (χ0n) is 12.9. The van der Waals surface area contributed by atoms with Crippen LogP contribution >= 0.6 is 0 Å². The normalized spacial score (nSPS) is 10.2. The third-order valence-corrected chi connectivity index (χ3v) is 3.33. The van der Waals surface area contributed by atoms with E-state index in [-0.39, 0.29) is 28.5 Å². The minimum Gasteiger partial charge on any atom is -0.508 e. The van der Waals surface area contributed by atoms with E-state index >= 15 is 0 Å². The van der Waals surface area contributed by atoms with Gasteiger partial charge in [0.05, 0.1) is 18.4 Å². The number of carbonyl (C=O) groups excluding carboxylic acids is 2. The summed E-state index contributed by atoms with van der Waals surface area (Å²) in [6.07, 6.45) is 0. The minimum absolute atomic E-state index is 0.135. The second kappa shape index (κ2) is 6.35. The molecule has 1 aromatic heterocycles. The van der Waals surface area contributed by atoms with Gasteiger partial charge < -0.3 is 15.2 Å². The van der Waals surface area contributed by atoms with E-state index in [1.807, 2.05) is 0 Å². The van der Waals surface area contributed by atoms with Crippen LogP contribution in [0.2, 0.25) is 0 Å². The lowest BCUT2D eigenvalue weighted by atomic mass is 10.1. The molecule has 0 aliphatic heterocycles. The molecule has 23 heavy (non-hydrogen) atoms. The first-order valence-corrected chi connectivity index (χ1v) is 6.76. The molecule has 120 valence electrons. The van der Waals surface area contributed by atoms with Crippen molar-refractivity contribution in [2.45, 2.75) is 6.92 Å². The summed E-state index contributed by atoms with van der Waals surface area (Å²) in [7, 11) is 2.71. The molecule has 0 bridgehead atoms. The van der Waals surface area contributed by atoms with E-state index < -0.39 is 11.5 Å². The quantitative estimate of drug-likeness (QED) is 0.823. The topological polar surface area (TPSA) is 97.6 Å². The van der Waals surface area contributed by atoms with Crippen LogP contribution in [0.5, 0.6) is 5.75 Å². The number of hydrogen-bond acceptors (Lipinski definition) is 5. The Kier molecular flexibility index (Phi) is 4.49. The van der Waals surface area contributed by atoms with Gasteiger partial charge in [0.25, 0.3) is 11.5 Å². The molecule has 0 unspecified atom stereocenters. The lowest BCUT2D eigenvalue weighted by Crippen LogP contribution is -2.24. The highest BCUT2D eigenvalue weighted by Crippen LogP contribution is 2.20. The van der Waals surface area contributed by atoms with Gasteiger partial charge in [-0.1, -0.05) is 0 Å². The van der Waals surface area contributed by atoms with Crippen LogP contribution in [0.25, 0.3) is 5.69 Å². The van der Waals surface area contributed by atoms with Gasteiger partial charge in [-0.2, -0.15) is 0 Å². The maximum Gasteiger partial charge on any atom is 0.339 e. The third-order valence-electron chi connectivity index (χ3n) is 3.33. The lowest BCUT2D eigenvalue weighted by molar-refractivity contribution is 0.0600. The maximum absolute atomic E-state index is 12.2. The second-order valence-corrected chi connectivity index (χ2v) is 4.83. The van der Waals surface area contributed by atoms with E-state index in [0.29, 0.717) is 5.69 Å². The highest BCUT2D eigenvalue weighted by Gasteiger charge is 2.18. The van der Waals surface area contributed by atoms with Crippen LogP contribution in [-0.2, 0) is 4.74 Å². The van der Waals surface area contributed by atoms with E-state index in [2.05, 4.69) is 5.32 Å². The smallest absolute Gasteiger partial charge is 0.339 e. The molecular weight excluding hydrogens is 300 g/mol. The third kappa shape index (κ3) is 3.08. The summed E-state index contributed by atoms with van der Waals surface area (Å²) in [6.45, 7) is 1.61. The van der Waals surface area contributed by atoms with Gasteiger partial charge in [-0.05, 0) is 31.2 Å². The van der Waals surface area contributed by atoms with Crippen LogP contribution in [0, 0.1) is 6.92 Å². The van der Waals surface area contributed by atoms with E-state index in [1.165, 1.54) is 43.0 Å². The average Bonchev–Trinajstić information content (AvgIpc) is 2.52. The fourth-order valence-electron chi connectivity index (χ4n) is 2.28. The molecule has 2 rings (SSSR count). The highest BCUT2D eigenvalue weighted by atomic mass is 16.5. The zero-order valence-corrected chi connectivity index (χ0v) is 12.9. The summed E-state index contributed by atoms with van der Waals surface area (Å²) in [4.78, 5) is 36.0. The number of nitrogens with zero attached hydrogens (tertiary/aromatic N) is 1. The van der Waals surface area contributed by atoms with Gasteiger partial charge in [0.15, 0.2) is 0 Å². The zero-order chi connectivity index (χ0) is 17.1. The van der Waals surface area contributed by atoms with Crippen molar-refractivity contribution in [2.75, 3.05) is 14.2 Å². The number of rotatable bonds is 3. The van der Waals surface area contributed by atoms with Crippen molar-refractivity contribution in [2.24, 2.45) is 0 Å². The molecule has 0 saturated heterocycles. The summed E-state index contributed by atoms with van der Waals surface area (Å²) in [5, 5.41) is 12.0. The molecule has 0 spiro atoms. The fourth-order valence-corrected chi connectivity index (χ4v) is 2.28. The lowest BCUT2D eigenvalue weighted by Gasteiger charge is -2.15. The average molecular weight is 316 g/mol. The molecule has 0 atom stereocenters. The highest BCUT2D eigenvalue weighted by molar-refractivity contribution is 5.98. The predicted molar refractivity (Wildman–Crippen MR) is 83.2 cm³/mol. The van der Waals surface area contributed by atoms with Gasteiger partial charge in [-0.3, -0.25) is 14.2 Å². The van der Waals surface area contributed by atoms with E-state index in [0.717, 1.165) is 6.07 Å². The summed E-state index contributed by atoms with van der Waals surface area (Å²) in [5.74, 6) is -1.17. The predicted octanol–water partition coefficient (Wildman–Crippen LogP) is 0.998. The summed E-state index contributed by atoms with van der Waals surface area (Å²) >= 11 is 0. The van der Waals surface area contributed by atoms with Crippen LogP contribution in [0.1, 0.15) is 26.4 Å². The molecule has 0 fully saturated rings. The van der Waals surface area contributed by atoms with Gasteiger partial charge in [0.2, 0.25) is 0 Å². The molecule has 2 N–H and O–H groups in total. The molecule has 0 aliphatic carbocycles. The molecular formula is C16H16N2O5. The summed E-state index contributed by atoms with van der Waals surface area (Å²) in [6, 6.07) is 6.73. The van der Waals surface area contributed by atoms with E-state index in [4.69, 9.17) is 4.74 Å². The monoisotopic (exact) mass is 316 g/mol. The first-order valence-electron chi connectivity index (χ1n) is 6.76. The van der Waals surface area contributed by atoms with Gasteiger partial charge in [-0.25, -0.2) is 4.79 Å². The SMILES string of the molecule is CNC(=O)c1ccc(C(=O)OC)c(-n2c(C)cc(O)cc2=O)c1. The van der Waals surface area contributed by atoms with Gasteiger partial charge >= 0.3 is 5.97 Å². The van der Waals surface area contributed by atoms with Gasteiger partial charge in [0.1, 0.15) is 5.75 Å². The van der Waals surface area contributed by atoms with Crippen molar-refractivity contribution in [1.82, 2.24) is 9.88 Å². The first kappa shape index (κ1) is 16.3. The molecule has 2 aromatic rings. The number of aromatic nitrogens is 1. The Morgan fingerprint density at radius 3 is 2.48 bits per heavy atom. The molecule has 7 heteroatoms. The van der Waals surface area contributed by atoms with Crippen LogP contribution in [0.15, 0.2) is 35.1 Å². The summed E-state index contributed by atoms with van der Waals surface area (Å²) < 4.78 is 5.96. The number of pyridine rings is 1. The van der Waals surface area contributed by atoms with Gasteiger partial charge in [0, 0.05) is 24.4 Å². The van der Waals surface area contributed by atoms with Crippen molar-refractivity contribution in [3.63, 3.8) is 0 Å². The molecule has 1 amide bonds. The van der Waals surface area contributed by atoms with Crippen LogP contribution in [0.4, 0.5) is 0 Å². The molecule has 1 heterocycles. The van der Waals surface area contributed by atoms with Crippen LogP contribution < -0.4 is 10.9 Å². The Morgan fingerprint density at radius 1 is 1.22 bits per heavy atom. The maximum atomic E-state index is 12.2. The Bertz CT molecular complexity index is 839. The van der Waals surface area contributed by atoms with Gasteiger partial charge in [-0.15, -0.1) is 0 Å². The van der Waals surface area contributed by atoms with Crippen molar-refractivity contribution >= 4 is 11.9 Å². The number of esters is 1. The second-order valence-electron chi connectivity index (χ2n) is 4.83. The minimum atomic E-state index is -0.636. The standard InChI is InChI=1S/C16H16N2O5/c1-9-6-11(19)8-14(20)18(9)13-7-10(15(21)17-2)4-5-12(13)16(22)23-3/h4-8,19H,1-3H3,(H,17,21). The van der Waals surface area contributed by atoms with Crippen molar-refractivity contribution < 1.29 is 19.4 Å². The Morgan fingerprint density at radius 2 is 1.91 bits per heavy atom. The Hall–Kier alpha value is -3.09. The molecule has 1 aromatic carbocycles. The number of hydrogen-bond donors (Lipinski definition) is 2. The van der Waals surface area contributed by atoms with Crippen molar-refractivity contribution in [3.05, 3.63) is 57.5 Å². The largest absolute Gasteiger partial charge is 0.508 e. The molecule has 0 aliphatic rings. The molecule has 7 nitrogen and oxygen atoms in total. The number of aryl methyl sites for hydroxylation is 1. The van der Waals surface area contributed by atoms with E-state index in [9.17, 15) is 19.5 Å². The molecule has 0 saturated carbocycles. The number of benzene rings is 1. The Balaban J connectivity index is 2.80. The first-order chi connectivity index (χ1) is 10.9. The fraction of sp³-hybridized carbons (Fsp3) is 0.188.